The molecule has 0 saturated carbocycles. The number of hydrogen-bond acceptors (Lipinski definition) is 1. The molecule has 1 amide bonds. The average Bonchev–Trinajstić information content (AvgIpc) is 2.79. The van der Waals surface area contributed by atoms with E-state index in [1.807, 2.05) is 6.07 Å². The van der Waals surface area contributed by atoms with Gasteiger partial charge in [-0.25, -0.2) is 4.39 Å². The number of fused-ring (bicyclic) bond motifs is 1. The van der Waals surface area contributed by atoms with Gasteiger partial charge in [0.15, 0.2) is 0 Å². The van der Waals surface area contributed by atoms with Gasteiger partial charge in [-0.1, -0.05) is 23.7 Å². The molecule has 0 radical (unpaired) electrons. The fourth-order valence-corrected chi connectivity index (χ4v) is 3.11. The van der Waals surface area contributed by atoms with E-state index >= 15 is 0 Å². The Morgan fingerprint density at radius 1 is 1.29 bits per heavy atom. The highest BCUT2D eigenvalue weighted by Crippen LogP contribution is 2.38. The van der Waals surface area contributed by atoms with E-state index in [4.69, 9.17) is 23.2 Å². The van der Waals surface area contributed by atoms with Gasteiger partial charge in [0.05, 0.1) is 11.8 Å². The van der Waals surface area contributed by atoms with Crippen LogP contribution in [0.4, 0.5) is 10.1 Å². The zero-order valence-corrected chi connectivity index (χ0v) is 12.7. The summed E-state index contributed by atoms with van der Waals surface area (Å²) in [5.74, 6) is -0.320. The first-order valence-corrected chi connectivity index (χ1v) is 7.29. The molecule has 0 bridgehead atoms. The van der Waals surface area contributed by atoms with Crippen molar-refractivity contribution in [2.24, 2.45) is 0 Å². The minimum absolute atomic E-state index is 0.0537. The Morgan fingerprint density at radius 3 is 2.76 bits per heavy atom. The van der Waals surface area contributed by atoms with E-state index in [1.165, 1.54) is 6.07 Å². The Bertz CT molecular complexity index is 745. The molecule has 108 valence electrons. The Morgan fingerprint density at radius 2 is 2.05 bits per heavy atom. The largest absolute Gasteiger partial charge is 0.325 e. The zero-order chi connectivity index (χ0) is 15.1. The van der Waals surface area contributed by atoms with Crippen molar-refractivity contribution >= 4 is 34.8 Å². The smallest absolute Gasteiger partial charge is 0.228 e. The van der Waals surface area contributed by atoms with E-state index in [9.17, 15) is 9.18 Å². The molecular weight excluding hydrogens is 312 g/mol. The topological polar surface area (TPSA) is 29.1 Å². The lowest BCUT2D eigenvalue weighted by Gasteiger charge is -2.14. The van der Waals surface area contributed by atoms with Crippen LogP contribution in [-0.2, 0) is 11.2 Å². The standard InChI is InChI=1S/C16H12Cl2FNO/c1-8-4-9(2-3-13(8)19)16(18)11-5-10-6-15(21)20-14(10)7-12(11)17/h2-5,7,16H,6H2,1H3,(H,20,21). The van der Waals surface area contributed by atoms with Crippen LogP contribution in [0.3, 0.4) is 0 Å². The van der Waals surface area contributed by atoms with Crippen molar-refractivity contribution in [2.75, 3.05) is 5.32 Å². The Hall–Kier alpha value is -1.58. The van der Waals surface area contributed by atoms with E-state index in [0.717, 1.165) is 22.4 Å². The van der Waals surface area contributed by atoms with Crippen molar-refractivity contribution in [3.63, 3.8) is 0 Å². The highest BCUT2D eigenvalue weighted by Gasteiger charge is 2.23. The number of benzene rings is 2. The third-order valence-electron chi connectivity index (χ3n) is 3.60. The van der Waals surface area contributed by atoms with Crippen LogP contribution >= 0.6 is 23.2 Å². The molecule has 0 spiro atoms. The van der Waals surface area contributed by atoms with Gasteiger partial charge in [0.1, 0.15) is 5.82 Å². The molecule has 1 heterocycles. The van der Waals surface area contributed by atoms with Gasteiger partial charge in [-0.05, 0) is 47.4 Å². The van der Waals surface area contributed by atoms with E-state index in [0.29, 0.717) is 17.0 Å². The first-order chi connectivity index (χ1) is 9.95. The SMILES string of the molecule is Cc1cc(C(Cl)c2cc3c(cc2Cl)NC(=O)C3)ccc1F. The second kappa shape index (κ2) is 5.32. The molecule has 5 heteroatoms. The number of halogens is 3. The van der Waals surface area contributed by atoms with Crippen molar-refractivity contribution in [1.82, 2.24) is 0 Å². The van der Waals surface area contributed by atoms with Crippen LogP contribution in [0.15, 0.2) is 30.3 Å². The lowest BCUT2D eigenvalue weighted by atomic mass is 9.99. The van der Waals surface area contributed by atoms with Gasteiger partial charge >= 0.3 is 0 Å². The van der Waals surface area contributed by atoms with Crippen LogP contribution in [0.1, 0.15) is 27.6 Å². The van der Waals surface area contributed by atoms with Crippen molar-refractivity contribution in [2.45, 2.75) is 18.7 Å². The fourth-order valence-electron chi connectivity index (χ4n) is 2.47. The summed E-state index contributed by atoms with van der Waals surface area (Å²) in [7, 11) is 0. The monoisotopic (exact) mass is 323 g/mol. The first-order valence-electron chi connectivity index (χ1n) is 6.48. The molecule has 2 nitrogen and oxygen atoms in total. The highest BCUT2D eigenvalue weighted by atomic mass is 35.5. The number of nitrogens with one attached hydrogen (secondary N) is 1. The third kappa shape index (κ3) is 2.63. The van der Waals surface area contributed by atoms with Gasteiger partial charge in [0.2, 0.25) is 5.91 Å². The molecule has 2 aromatic carbocycles. The van der Waals surface area contributed by atoms with E-state index in [1.54, 1.807) is 25.1 Å². The quantitative estimate of drug-likeness (QED) is 0.803. The predicted octanol–water partition coefficient (Wildman–Crippen LogP) is 4.61. The number of alkyl halides is 1. The van der Waals surface area contributed by atoms with Crippen LogP contribution in [0.2, 0.25) is 5.02 Å². The molecule has 0 fully saturated rings. The molecule has 1 N–H and O–H groups in total. The number of carbonyl (C=O) groups is 1. The van der Waals surface area contributed by atoms with Gasteiger partial charge in [0.25, 0.3) is 0 Å². The van der Waals surface area contributed by atoms with Gasteiger partial charge in [-0.2, -0.15) is 0 Å². The maximum Gasteiger partial charge on any atom is 0.228 e. The lowest BCUT2D eigenvalue weighted by molar-refractivity contribution is -0.115. The van der Waals surface area contributed by atoms with E-state index in [2.05, 4.69) is 5.32 Å². The molecule has 1 aliphatic heterocycles. The Balaban J connectivity index is 2.02. The highest BCUT2D eigenvalue weighted by molar-refractivity contribution is 6.33. The maximum absolute atomic E-state index is 13.4. The van der Waals surface area contributed by atoms with Crippen molar-refractivity contribution in [3.8, 4) is 0 Å². The van der Waals surface area contributed by atoms with Crippen LogP contribution < -0.4 is 5.32 Å². The van der Waals surface area contributed by atoms with Crippen LogP contribution in [0, 0.1) is 12.7 Å². The lowest BCUT2D eigenvalue weighted by Crippen LogP contribution is -2.03. The van der Waals surface area contributed by atoms with Crippen LogP contribution in [0.25, 0.3) is 0 Å². The molecule has 3 rings (SSSR count). The molecule has 1 aliphatic rings. The molecule has 2 aromatic rings. The van der Waals surface area contributed by atoms with Gasteiger partial charge in [-0.15, -0.1) is 11.6 Å². The molecule has 21 heavy (non-hydrogen) atoms. The minimum Gasteiger partial charge on any atom is -0.325 e. The molecular formula is C16H12Cl2FNO. The number of carbonyl (C=O) groups excluding carboxylic acids is 1. The summed E-state index contributed by atoms with van der Waals surface area (Å²) < 4.78 is 13.4. The number of amides is 1. The number of rotatable bonds is 2. The Labute approximate surface area is 131 Å². The summed E-state index contributed by atoms with van der Waals surface area (Å²) in [5, 5.41) is 2.74. The summed E-state index contributed by atoms with van der Waals surface area (Å²) in [6.07, 6.45) is 0.325. The van der Waals surface area contributed by atoms with E-state index < -0.39 is 5.38 Å². The van der Waals surface area contributed by atoms with Crippen LogP contribution in [0.5, 0.6) is 0 Å². The fraction of sp³-hybridized carbons (Fsp3) is 0.188. The first kappa shape index (κ1) is 14.4. The van der Waals surface area contributed by atoms with Crippen molar-refractivity contribution in [3.05, 3.63) is 63.4 Å². The molecule has 1 unspecified atom stereocenters. The third-order valence-corrected chi connectivity index (χ3v) is 4.41. The molecule has 0 saturated heterocycles. The van der Waals surface area contributed by atoms with E-state index in [-0.39, 0.29) is 11.7 Å². The van der Waals surface area contributed by atoms with Crippen LogP contribution in [-0.4, -0.2) is 5.91 Å². The number of anilines is 1. The predicted molar refractivity (Wildman–Crippen MR) is 82.6 cm³/mol. The average molecular weight is 324 g/mol. The summed E-state index contributed by atoms with van der Waals surface area (Å²) in [6, 6.07) is 8.30. The normalized spacial score (nSPS) is 14.8. The summed E-state index contributed by atoms with van der Waals surface area (Å²) >= 11 is 12.7. The Kier molecular flexibility index (Phi) is 3.64. The molecule has 1 atom stereocenters. The van der Waals surface area contributed by atoms with Crippen molar-refractivity contribution < 1.29 is 9.18 Å². The summed E-state index contributed by atoms with van der Waals surface area (Å²) in [6.45, 7) is 1.69. The second-order valence-electron chi connectivity index (χ2n) is 5.13. The molecule has 0 aliphatic carbocycles. The number of hydrogen-bond donors (Lipinski definition) is 1. The second-order valence-corrected chi connectivity index (χ2v) is 5.97. The van der Waals surface area contributed by atoms with Gasteiger partial charge in [-0.3, -0.25) is 4.79 Å². The summed E-state index contributed by atoms with van der Waals surface area (Å²) in [4.78, 5) is 11.4. The maximum atomic E-state index is 13.4. The zero-order valence-electron chi connectivity index (χ0n) is 11.2. The molecule has 0 aromatic heterocycles. The van der Waals surface area contributed by atoms with Gasteiger partial charge < -0.3 is 5.32 Å². The minimum atomic E-state index is -0.488. The number of aryl methyl sites for hydroxylation is 1. The van der Waals surface area contributed by atoms with Crippen molar-refractivity contribution in [1.29, 1.82) is 0 Å². The summed E-state index contributed by atoms with van der Waals surface area (Å²) in [5.41, 5.74) is 3.64. The van der Waals surface area contributed by atoms with Gasteiger partial charge in [0, 0.05) is 10.7 Å².